The molecule has 20 heavy (non-hydrogen) atoms. The number of sulfonamides is 1. The molecule has 1 saturated carbocycles. The van der Waals surface area contributed by atoms with Crippen molar-refractivity contribution in [1.82, 2.24) is 10.0 Å². The van der Waals surface area contributed by atoms with Crippen molar-refractivity contribution in [2.24, 2.45) is 0 Å². The van der Waals surface area contributed by atoms with E-state index in [9.17, 15) is 13.2 Å². The van der Waals surface area contributed by atoms with Crippen LogP contribution in [0.1, 0.15) is 19.8 Å². The largest absolute Gasteiger partial charge is 0.352 e. The van der Waals surface area contributed by atoms with Gasteiger partial charge in [-0.3, -0.25) is 4.79 Å². The highest BCUT2D eigenvalue weighted by molar-refractivity contribution is 9.11. The molecule has 0 aliphatic heterocycles. The van der Waals surface area contributed by atoms with Crippen LogP contribution in [0.25, 0.3) is 0 Å². The number of hydrogen-bond acceptors (Lipinski definition) is 3. The smallest absolute Gasteiger partial charge is 0.242 e. The lowest BCUT2D eigenvalue weighted by atomic mass is 10.3. The molecule has 0 bridgehead atoms. The number of rotatable bonds is 5. The Labute approximate surface area is 134 Å². The Bertz CT molecular complexity index is 630. The van der Waals surface area contributed by atoms with E-state index in [2.05, 4.69) is 41.9 Å². The van der Waals surface area contributed by atoms with Crippen molar-refractivity contribution < 1.29 is 13.2 Å². The summed E-state index contributed by atoms with van der Waals surface area (Å²) in [5.74, 6) is -0.302. The van der Waals surface area contributed by atoms with E-state index in [0.717, 1.165) is 17.3 Å². The Hall–Kier alpha value is -0.440. The Kier molecular flexibility index (Phi) is 4.88. The molecule has 1 aliphatic carbocycles. The maximum absolute atomic E-state index is 12.2. The summed E-state index contributed by atoms with van der Waals surface area (Å²) in [5.41, 5.74) is 0. The Morgan fingerprint density at radius 2 is 2.00 bits per heavy atom. The van der Waals surface area contributed by atoms with Gasteiger partial charge in [-0.25, -0.2) is 8.42 Å². The average molecular weight is 426 g/mol. The van der Waals surface area contributed by atoms with Gasteiger partial charge in [-0.05, 0) is 53.9 Å². The third-order valence-electron chi connectivity index (χ3n) is 2.83. The third-order valence-corrected chi connectivity index (χ3v) is 5.84. The monoisotopic (exact) mass is 424 g/mol. The zero-order chi connectivity index (χ0) is 14.9. The predicted octanol–water partition coefficient (Wildman–Crippen LogP) is 2.16. The molecule has 2 N–H and O–H groups in total. The first-order valence-electron chi connectivity index (χ1n) is 6.07. The zero-order valence-corrected chi connectivity index (χ0v) is 14.7. The van der Waals surface area contributed by atoms with Crippen LogP contribution in [0.5, 0.6) is 0 Å². The van der Waals surface area contributed by atoms with Crippen molar-refractivity contribution in [2.75, 3.05) is 0 Å². The first kappa shape index (κ1) is 15.9. The van der Waals surface area contributed by atoms with Gasteiger partial charge in [0.2, 0.25) is 15.9 Å². The van der Waals surface area contributed by atoms with Crippen molar-refractivity contribution in [3.05, 3.63) is 27.1 Å². The maximum atomic E-state index is 12.2. The number of amides is 1. The van der Waals surface area contributed by atoms with E-state index in [1.807, 2.05) is 0 Å². The highest BCUT2D eigenvalue weighted by Crippen LogP contribution is 2.25. The quantitative estimate of drug-likeness (QED) is 0.758. The summed E-state index contributed by atoms with van der Waals surface area (Å²) in [7, 11) is -3.75. The molecule has 1 atom stereocenters. The summed E-state index contributed by atoms with van der Waals surface area (Å²) in [5, 5.41) is 2.77. The van der Waals surface area contributed by atoms with E-state index in [0.29, 0.717) is 4.47 Å². The minimum Gasteiger partial charge on any atom is -0.352 e. The number of halogens is 2. The van der Waals surface area contributed by atoms with Crippen LogP contribution < -0.4 is 10.0 Å². The lowest BCUT2D eigenvalue weighted by molar-refractivity contribution is -0.122. The van der Waals surface area contributed by atoms with Gasteiger partial charge in [-0.15, -0.1) is 0 Å². The van der Waals surface area contributed by atoms with E-state index >= 15 is 0 Å². The van der Waals surface area contributed by atoms with Gasteiger partial charge in [0.05, 0.1) is 10.9 Å². The highest BCUT2D eigenvalue weighted by Gasteiger charge is 2.28. The van der Waals surface area contributed by atoms with E-state index in [4.69, 9.17) is 0 Å². The van der Waals surface area contributed by atoms with Crippen molar-refractivity contribution in [2.45, 2.75) is 36.7 Å². The van der Waals surface area contributed by atoms with Gasteiger partial charge >= 0.3 is 0 Å². The molecule has 0 aromatic heterocycles. The van der Waals surface area contributed by atoms with E-state index in [-0.39, 0.29) is 16.8 Å². The molecule has 1 amide bonds. The summed E-state index contributed by atoms with van der Waals surface area (Å²) in [6.07, 6.45) is 1.92. The first-order chi connectivity index (χ1) is 9.29. The van der Waals surface area contributed by atoms with Crippen molar-refractivity contribution >= 4 is 47.8 Å². The standard InChI is InChI=1S/C12H14Br2N2O3S/c1-7(12(17)15-9-3-4-9)16-20(18,19)11-5-2-8(13)6-10(11)14/h2,5-7,9,16H,3-4H2,1H3,(H,15,17). The molecule has 1 aliphatic rings. The SMILES string of the molecule is CC(NS(=O)(=O)c1ccc(Br)cc1Br)C(=O)NC1CC1. The number of hydrogen-bond donors (Lipinski definition) is 2. The molecule has 0 heterocycles. The molecule has 1 unspecified atom stereocenters. The lowest BCUT2D eigenvalue weighted by Gasteiger charge is -2.15. The first-order valence-corrected chi connectivity index (χ1v) is 9.14. The lowest BCUT2D eigenvalue weighted by Crippen LogP contribution is -2.45. The summed E-state index contributed by atoms with van der Waals surface area (Å²) in [6, 6.07) is 4.14. The van der Waals surface area contributed by atoms with Crippen molar-refractivity contribution in [3.8, 4) is 0 Å². The van der Waals surface area contributed by atoms with Crippen LogP contribution in [0.4, 0.5) is 0 Å². The van der Waals surface area contributed by atoms with Crippen LogP contribution in [0.15, 0.2) is 32.0 Å². The molecule has 2 rings (SSSR count). The number of benzene rings is 1. The molecule has 110 valence electrons. The van der Waals surface area contributed by atoms with Gasteiger partial charge in [0.25, 0.3) is 0 Å². The number of carbonyl (C=O) groups excluding carboxylic acids is 1. The van der Waals surface area contributed by atoms with Gasteiger partial charge in [0.1, 0.15) is 0 Å². The summed E-state index contributed by atoms with van der Waals surface area (Å²) in [4.78, 5) is 11.9. The number of carbonyl (C=O) groups is 1. The summed E-state index contributed by atoms with van der Waals surface area (Å²) >= 11 is 6.47. The second-order valence-electron chi connectivity index (χ2n) is 4.70. The molecular formula is C12H14Br2N2O3S. The minimum atomic E-state index is -3.75. The third kappa shape index (κ3) is 4.03. The molecule has 8 heteroatoms. The fraction of sp³-hybridized carbons (Fsp3) is 0.417. The van der Waals surface area contributed by atoms with Crippen molar-refractivity contribution in [3.63, 3.8) is 0 Å². The Balaban J connectivity index is 2.11. The maximum Gasteiger partial charge on any atom is 0.242 e. The predicted molar refractivity (Wildman–Crippen MR) is 82.8 cm³/mol. The van der Waals surface area contributed by atoms with Crippen LogP contribution >= 0.6 is 31.9 Å². The van der Waals surface area contributed by atoms with Gasteiger partial charge in [0, 0.05) is 15.0 Å². The summed E-state index contributed by atoms with van der Waals surface area (Å²) < 4.78 is 28.1. The zero-order valence-electron chi connectivity index (χ0n) is 10.7. The van der Waals surface area contributed by atoms with E-state index in [1.54, 1.807) is 12.1 Å². The molecule has 1 fully saturated rings. The van der Waals surface area contributed by atoms with Gasteiger partial charge in [-0.1, -0.05) is 15.9 Å². The molecule has 1 aromatic carbocycles. The fourth-order valence-corrected chi connectivity index (χ4v) is 4.55. The molecule has 0 saturated heterocycles. The van der Waals surface area contributed by atoms with Crippen LogP contribution in [-0.2, 0) is 14.8 Å². The van der Waals surface area contributed by atoms with Gasteiger partial charge < -0.3 is 5.32 Å². The van der Waals surface area contributed by atoms with Gasteiger partial charge in [0.15, 0.2) is 0 Å². The molecular weight excluding hydrogens is 412 g/mol. The van der Waals surface area contributed by atoms with Crippen LogP contribution in [0.3, 0.4) is 0 Å². The van der Waals surface area contributed by atoms with E-state index in [1.165, 1.54) is 13.0 Å². The van der Waals surface area contributed by atoms with Crippen LogP contribution in [0.2, 0.25) is 0 Å². The topological polar surface area (TPSA) is 75.3 Å². The number of nitrogens with one attached hydrogen (secondary N) is 2. The van der Waals surface area contributed by atoms with Crippen LogP contribution in [0, 0.1) is 0 Å². The average Bonchev–Trinajstić information content (AvgIpc) is 3.11. The second kappa shape index (κ2) is 6.13. The summed E-state index contributed by atoms with van der Waals surface area (Å²) in [6.45, 7) is 1.53. The molecule has 1 aromatic rings. The minimum absolute atomic E-state index is 0.103. The molecule has 0 spiro atoms. The van der Waals surface area contributed by atoms with Crippen molar-refractivity contribution in [1.29, 1.82) is 0 Å². The Morgan fingerprint density at radius 3 is 2.55 bits per heavy atom. The Morgan fingerprint density at radius 1 is 1.35 bits per heavy atom. The second-order valence-corrected chi connectivity index (χ2v) is 8.15. The molecule has 5 nitrogen and oxygen atoms in total. The fourth-order valence-electron chi connectivity index (χ4n) is 1.60. The van der Waals surface area contributed by atoms with E-state index < -0.39 is 16.1 Å². The van der Waals surface area contributed by atoms with Gasteiger partial charge in [-0.2, -0.15) is 4.72 Å². The molecule has 0 radical (unpaired) electrons. The highest BCUT2D eigenvalue weighted by atomic mass is 79.9. The van der Waals surface area contributed by atoms with Crippen LogP contribution in [-0.4, -0.2) is 26.4 Å². The normalized spacial score (nSPS) is 16.8.